The molecule has 0 aliphatic carbocycles. The number of hydrogen-bond acceptors (Lipinski definition) is 8. The predicted octanol–water partition coefficient (Wildman–Crippen LogP) is 10.9. The van der Waals surface area contributed by atoms with Crippen molar-refractivity contribution >= 4 is 112 Å². The van der Waals surface area contributed by atoms with Crippen LogP contribution in [0.2, 0.25) is 0 Å². The lowest BCUT2D eigenvalue weighted by molar-refractivity contribution is 1.92. The van der Waals surface area contributed by atoms with Crippen LogP contribution < -0.4 is 0 Å². The quantitative estimate of drug-likeness (QED) is 0.239. The van der Waals surface area contributed by atoms with Crippen molar-refractivity contribution in [3.63, 3.8) is 0 Å². The Balaban J connectivity index is 1.28. The Bertz CT molecular complexity index is 1130. The number of thioether (sulfide) groups is 4. The monoisotopic (exact) mass is 558 g/mol. The van der Waals surface area contributed by atoms with Gasteiger partial charge in [0.25, 0.3) is 0 Å². The lowest BCUT2D eigenvalue weighted by atomic mass is 10.3. The molecule has 0 spiro atoms. The molecule has 0 saturated carbocycles. The molecular weight excluding hydrogens is 545 g/mol. The summed E-state index contributed by atoms with van der Waals surface area (Å²) in [4.78, 5) is 11.0. The van der Waals surface area contributed by atoms with Gasteiger partial charge < -0.3 is 0 Å². The fourth-order valence-electron chi connectivity index (χ4n) is 3.18. The Morgan fingerprint density at radius 3 is 0.906 bits per heavy atom. The molecule has 0 unspecified atom stereocenters. The van der Waals surface area contributed by atoms with Gasteiger partial charge in [0.2, 0.25) is 0 Å². The minimum Gasteiger partial charge on any atom is -0.143 e. The van der Waals surface area contributed by atoms with Gasteiger partial charge in [0, 0.05) is 39.1 Å². The SMILES string of the molecule is C(C=C1SC(c2cccs2)=C(c2cccs2)S1)=C1SC(c2cccs2)=C(c2cccs2)S1. The zero-order valence-electron chi connectivity index (χ0n) is 16.3. The van der Waals surface area contributed by atoms with Gasteiger partial charge in [0.05, 0.1) is 8.47 Å². The largest absolute Gasteiger partial charge is 0.143 e. The lowest BCUT2D eigenvalue weighted by Crippen LogP contribution is -1.73. The van der Waals surface area contributed by atoms with E-state index in [0.29, 0.717) is 0 Å². The van der Waals surface area contributed by atoms with Crippen molar-refractivity contribution in [3.05, 3.63) is 110 Å². The van der Waals surface area contributed by atoms with Crippen LogP contribution in [0.3, 0.4) is 0 Å². The van der Waals surface area contributed by atoms with E-state index in [9.17, 15) is 0 Å². The fourth-order valence-corrected chi connectivity index (χ4v) is 11.9. The van der Waals surface area contributed by atoms with Crippen molar-refractivity contribution < 1.29 is 0 Å². The molecule has 4 aromatic heterocycles. The summed E-state index contributed by atoms with van der Waals surface area (Å²) in [5, 5.41) is 8.66. The molecule has 0 aromatic carbocycles. The second kappa shape index (κ2) is 9.80. The second-order valence-electron chi connectivity index (χ2n) is 6.61. The third-order valence-corrected chi connectivity index (χ3v) is 13.7. The topological polar surface area (TPSA) is 0 Å². The molecular formula is C24H14S8. The maximum Gasteiger partial charge on any atom is 0.0501 e. The molecule has 158 valence electrons. The third kappa shape index (κ3) is 4.44. The highest BCUT2D eigenvalue weighted by Gasteiger charge is 2.26. The fraction of sp³-hybridized carbons (Fsp3) is 0. The molecule has 4 aromatic rings. The summed E-state index contributed by atoms with van der Waals surface area (Å²) >= 11 is 14.9. The number of rotatable bonds is 5. The van der Waals surface area contributed by atoms with Crippen LogP contribution >= 0.6 is 92.4 Å². The Kier molecular flexibility index (Phi) is 6.64. The highest BCUT2D eigenvalue weighted by atomic mass is 32.2. The third-order valence-electron chi connectivity index (χ3n) is 4.56. The van der Waals surface area contributed by atoms with E-state index in [-0.39, 0.29) is 0 Å². The molecule has 8 heteroatoms. The molecule has 0 bridgehead atoms. The highest BCUT2D eigenvalue weighted by molar-refractivity contribution is 8.35. The first-order valence-corrected chi connectivity index (χ1v) is 16.4. The van der Waals surface area contributed by atoms with Gasteiger partial charge in [-0.25, -0.2) is 0 Å². The van der Waals surface area contributed by atoms with E-state index < -0.39 is 0 Å². The zero-order valence-corrected chi connectivity index (χ0v) is 22.9. The summed E-state index contributed by atoms with van der Waals surface area (Å²) in [6, 6.07) is 17.5. The van der Waals surface area contributed by atoms with Crippen LogP contribution in [0.1, 0.15) is 19.5 Å². The molecule has 0 nitrogen and oxygen atoms in total. The predicted molar refractivity (Wildman–Crippen MR) is 157 cm³/mol. The van der Waals surface area contributed by atoms with Crippen molar-refractivity contribution in [3.8, 4) is 0 Å². The van der Waals surface area contributed by atoms with Gasteiger partial charge in [0.1, 0.15) is 0 Å². The van der Waals surface area contributed by atoms with E-state index in [1.807, 2.05) is 92.4 Å². The van der Waals surface area contributed by atoms with E-state index in [0.717, 1.165) is 0 Å². The van der Waals surface area contributed by atoms with Gasteiger partial charge in [-0.15, -0.1) is 45.3 Å². The van der Waals surface area contributed by atoms with E-state index in [1.54, 1.807) is 0 Å². The number of thiophene rings is 4. The summed E-state index contributed by atoms with van der Waals surface area (Å²) < 4.78 is 2.68. The molecule has 32 heavy (non-hydrogen) atoms. The van der Waals surface area contributed by atoms with Gasteiger partial charge in [-0.1, -0.05) is 71.3 Å². The second-order valence-corrected chi connectivity index (χ2v) is 15.1. The zero-order chi connectivity index (χ0) is 21.3. The van der Waals surface area contributed by atoms with Gasteiger partial charge in [-0.05, 0) is 57.9 Å². The minimum atomic E-state index is 1.34. The summed E-state index contributed by atoms with van der Waals surface area (Å²) in [5.74, 6) is 0. The molecule has 6 rings (SSSR count). The van der Waals surface area contributed by atoms with E-state index in [4.69, 9.17) is 0 Å². The number of hydrogen-bond donors (Lipinski definition) is 0. The molecule has 2 aliphatic rings. The van der Waals surface area contributed by atoms with Gasteiger partial charge in [-0.2, -0.15) is 0 Å². The maximum absolute atomic E-state index is 2.31. The molecule has 0 N–H and O–H groups in total. The molecule has 0 atom stereocenters. The first kappa shape index (κ1) is 21.7. The van der Waals surface area contributed by atoms with Crippen molar-refractivity contribution in [1.82, 2.24) is 0 Å². The Morgan fingerprint density at radius 2 is 0.688 bits per heavy atom. The van der Waals surface area contributed by atoms with Crippen LogP contribution in [-0.4, -0.2) is 0 Å². The molecule has 0 saturated heterocycles. The smallest absolute Gasteiger partial charge is 0.0501 e. The highest BCUT2D eigenvalue weighted by Crippen LogP contribution is 2.60. The molecule has 0 amide bonds. The molecule has 2 aliphatic heterocycles. The van der Waals surface area contributed by atoms with Crippen LogP contribution in [-0.2, 0) is 0 Å². The van der Waals surface area contributed by atoms with Crippen LogP contribution in [0.25, 0.3) is 19.6 Å². The summed E-state index contributed by atoms with van der Waals surface area (Å²) in [7, 11) is 0. The molecule has 0 fully saturated rings. The van der Waals surface area contributed by atoms with Gasteiger partial charge >= 0.3 is 0 Å². The first-order valence-electron chi connectivity index (χ1n) is 9.62. The Labute approximate surface area is 220 Å². The standard InChI is InChI=1S/C24H14S8/c1-5-15(25-11-1)21-22(16-6-2-12-26-16)30-19(29-21)9-10-20-31-23(17-7-3-13-27-17)24(32-20)18-8-4-14-28-18/h1-14H. The summed E-state index contributed by atoms with van der Waals surface area (Å²) in [6.45, 7) is 0. The van der Waals surface area contributed by atoms with E-state index >= 15 is 0 Å². The summed E-state index contributed by atoms with van der Waals surface area (Å²) in [5.41, 5.74) is 0. The van der Waals surface area contributed by atoms with Crippen molar-refractivity contribution in [2.75, 3.05) is 0 Å². The Morgan fingerprint density at radius 1 is 0.406 bits per heavy atom. The van der Waals surface area contributed by atoms with Crippen LogP contribution in [0.5, 0.6) is 0 Å². The van der Waals surface area contributed by atoms with Gasteiger partial charge in [-0.3, -0.25) is 0 Å². The Hall–Kier alpha value is -0.840. The average Bonchev–Trinajstić information content (AvgIpc) is 3.66. The van der Waals surface area contributed by atoms with Crippen molar-refractivity contribution in [2.24, 2.45) is 0 Å². The van der Waals surface area contributed by atoms with E-state index in [2.05, 4.69) is 82.2 Å². The minimum absolute atomic E-state index is 1.34. The maximum atomic E-state index is 2.31. The van der Waals surface area contributed by atoms with Crippen molar-refractivity contribution in [1.29, 1.82) is 0 Å². The lowest BCUT2D eigenvalue weighted by Gasteiger charge is -1.99. The molecule has 6 heterocycles. The summed E-state index contributed by atoms with van der Waals surface area (Å²) in [6.07, 6.45) is 4.62. The molecule has 0 radical (unpaired) electrons. The van der Waals surface area contributed by atoms with Crippen LogP contribution in [0.4, 0.5) is 0 Å². The van der Waals surface area contributed by atoms with Gasteiger partial charge in [0.15, 0.2) is 0 Å². The number of allylic oxidation sites excluding steroid dienone is 2. The normalized spacial score (nSPS) is 16.5. The van der Waals surface area contributed by atoms with Crippen LogP contribution in [0, 0.1) is 0 Å². The average molecular weight is 559 g/mol. The van der Waals surface area contributed by atoms with Crippen molar-refractivity contribution in [2.45, 2.75) is 0 Å². The first-order chi connectivity index (χ1) is 15.8. The van der Waals surface area contributed by atoms with Crippen LogP contribution in [0.15, 0.2) is 90.7 Å². The van der Waals surface area contributed by atoms with E-state index in [1.165, 1.54) is 47.6 Å².